The molecule has 0 aromatic heterocycles. The molecule has 10 heteroatoms. The molecule has 222 valence electrons. The van der Waals surface area contributed by atoms with Gasteiger partial charge in [-0.2, -0.15) is 0 Å². The summed E-state index contributed by atoms with van der Waals surface area (Å²) in [4.78, 5) is 50.8. The van der Waals surface area contributed by atoms with Gasteiger partial charge in [-0.25, -0.2) is 4.79 Å². The van der Waals surface area contributed by atoms with E-state index < -0.39 is 75.7 Å². The van der Waals surface area contributed by atoms with E-state index in [0.29, 0.717) is 18.4 Å². The molecule has 2 heterocycles. The van der Waals surface area contributed by atoms with Gasteiger partial charge in [-0.1, -0.05) is 38.1 Å². The highest BCUT2D eigenvalue weighted by Gasteiger charge is 2.78. The van der Waals surface area contributed by atoms with Crippen LogP contribution in [0.4, 0.5) is 0 Å². The molecule has 2 saturated heterocycles. The lowest BCUT2D eigenvalue weighted by Crippen LogP contribution is -2.81. The fourth-order valence-electron chi connectivity index (χ4n) is 7.91. The van der Waals surface area contributed by atoms with Gasteiger partial charge in [0.2, 0.25) is 0 Å². The van der Waals surface area contributed by atoms with Crippen LogP contribution in [0.2, 0.25) is 0 Å². The van der Waals surface area contributed by atoms with Gasteiger partial charge in [0.05, 0.1) is 17.6 Å². The second-order valence-corrected chi connectivity index (χ2v) is 12.7. The second kappa shape index (κ2) is 9.66. The first kappa shape index (κ1) is 29.3. The second-order valence-electron chi connectivity index (χ2n) is 12.7. The van der Waals surface area contributed by atoms with Gasteiger partial charge in [-0.3, -0.25) is 14.4 Å². The monoisotopic (exact) mass is 570 g/mol. The van der Waals surface area contributed by atoms with Crippen LogP contribution in [0.15, 0.2) is 42.5 Å². The molecule has 3 fully saturated rings. The molecule has 1 aromatic carbocycles. The third kappa shape index (κ3) is 4.37. The van der Waals surface area contributed by atoms with Crippen molar-refractivity contribution in [2.24, 2.45) is 16.7 Å². The molecule has 10 nitrogen and oxygen atoms in total. The Morgan fingerprint density at radius 2 is 1.56 bits per heavy atom. The summed E-state index contributed by atoms with van der Waals surface area (Å²) < 4.78 is 30.2. The predicted molar refractivity (Wildman–Crippen MR) is 143 cm³/mol. The number of carbonyl (C=O) groups is 4. The van der Waals surface area contributed by atoms with Crippen molar-refractivity contribution in [2.75, 3.05) is 6.61 Å². The zero-order chi connectivity index (χ0) is 30.0. The van der Waals surface area contributed by atoms with Crippen LogP contribution < -0.4 is 0 Å². The van der Waals surface area contributed by atoms with Crippen LogP contribution in [0, 0.1) is 16.7 Å². The number of cyclic esters (lactones) is 1. The van der Waals surface area contributed by atoms with Crippen molar-refractivity contribution in [1.82, 2.24) is 0 Å². The topological polar surface area (TPSA) is 135 Å². The first-order chi connectivity index (χ1) is 19.1. The molecule has 1 N–H and O–H groups in total. The van der Waals surface area contributed by atoms with Crippen LogP contribution in [0.1, 0.15) is 71.2 Å². The third-order valence-corrected chi connectivity index (χ3v) is 10.2. The van der Waals surface area contributed by atoms with Crippen LogP contribution in [0.25, 0.3) is 0 Å². The van der Waals surface area contributed by atoms with Gasteiger partial charge in [0, 0.05) is 30.6 Å². The Hall–Kier alpha value is -3.24. The summed E-state index contributed by atoms with van der Waals surface area (Å²) >= 11 is 0. The Kier molecular flexibility index (Phi) is 6.89. The van der Waals surface area contributed by atoms with E-state index in [9.17, 15) is 24.3 Å². The van der Waals surface area contributed by atoms with Gasteiger partial charge in [-0.05, 0) is 44.9 Å². The molecular formula is C31H38O10. The van der Waals surface area contributed by atoms with Crippen LogP contribution in [-0.2, 0) is 38.1 Å². The average Bonchev–Trinajstić information content (AvgIpc) is 3.25. The highest BCUT2D eigenvalue weighted by atomic mass is 16.6. The number of carbonyl (C=O) groups excluding carboxylic acids is 4. The first-order valence-electron chi connectivity index (χ1n) is 14.0. The number of benzene rings is 1. The van der Waals surface area contributed by atoms with Gasteiger partial charge in [0.15, 0.2) is 12.2 Å². The molecule has 2 aliphatic carbocycles. The zero-order valence-corrected chi connectivity index (χ0v) is 24.3. The van der Waals surface area contributed by atoms with Gasteiger partial charge in [0.1, 0.15) is 23.9 Å². The molecule has 9 atom stereocenters. The number of rotatable bonds is 4. The molecule has 0 bridgehead atoms. The lowest BCUT2D eigenvalue weighted by atomic mass is 9.40. The van der Waals surface area contributed by atoms with E-state index >= 15 is 0 Å². The zero-order valence-electron chi connectivity index (χ0n) is 24.3. The molecule has 1 aromatic rings. The molecule has 9 unspecified atom stereocenters. The maximum absolute atomic E-state index is 13.3. The Labute approximate surface area is 239 Å². The number of hydrogen-bond acceptors (Lipinski definition) is 10. The summed E-state index contributed by atoms with van der Waals surface area (Å²) in [5.74, 6) is -2.90. The number of hydrogen-bond donors (Lipinski definition) is 1. The van der Waals surface area contributed by atoms with Crippen LogP contribution in [-0.4, -0.2) is 70.7 Å². The molecule has 0 amide bonds. The van der Waals surface area contributed by atoms with Crippen molar-refractivity contribution in [3.63, 3.8) is 0 Å². The lowest BCUT2D eigenvalue weighted by Gasteiger charge is -2.71. The minimum Gasteiger partial charge on any atom is -0.463 e. The molecule has 1 spiro atoms. The van der Waals surface area contributed by atoms with Gasteiger partial charge in [-0.15, -0.1) is 0 Å². The lowest BCUT2D eigenvalue weighted by molar-refractivity contribution is -0.366. The summed E-state index contributed by atoms with van der Waals surface area (Å²) in [5, 5.41) is 12.0. The summed E-state index contributed by atoms with van der Waals surface area (Å²) in [5.41, 5.74) is -5.79. The minimum atomic E-state index is -1.59. The summed E-state index contributed by atoms with van der Waals surface area (Å²) in [6.07, 6.45) is 0.881. The number of esters is 4. The van der Waals surface area contributed by atoms with E-state index in [0.717, 1.165) is 0 Å². The Morgan fingerprint density at radius 1 is 0.927 bits per heavy atom. The van der Waals surface area contributed by atoms with Crippen LogP contribution in [0.3, 0.4) is 0 Å². The number of aliphatic hydroxyl groups is 1. The fraction of sp³-hybridized carbons (Fsp3) is 0.613. The van der Waals surface area contributed by atoms with Crippen molar-refractivity contribution < 1.29 is 48.0 Å². The largest absolute Gasteiger partial charge is 0.463 e. The first-order valence-corrected chi connectivity index (χ1v) is 14.0. The van der Waals surface area contributed by atoms with Gasteiger partial charge in [0.25, 0.3) is 0 Å². The molecule has 4 aliphatic rings. The van der Waals surface area contributed by atoms with Crippen molar-refractivity contribution >= 4 is 23.9 Å². The standard InChI is InChI=1S/C31H38O10/c1-18(32)38-24-25(39-19(2)33)30(6)27(3,14-15-31(41-30)16-22(34)37-17-31)23-21(12-13-28(4,36)29(23,24)5)40-26(35)20-10-8-7-9-11-20/h7-13,21,23-25,36H,14-17H2,1-6H3. The van der Waals surface area contributed by atoms with E-state index in [4.69, 9.17) is 23.7 Å². The van der Waals surface area contributed by atoms with E-state index in [1.165, 1.54) is 13.8 Å². The van der Waals surface area contributed by atoms with Crippen LogP contribution in [0.5, 0.6) is 0 Å². The van der Waals surface area contributed by atoms with E-state index in [2.05, 4.69) is 0 Å². The van der Waals surface area contributed by atoms with E-state index in [-0.39, 0.29) is 13.0 Å². The Bertz CT molecular complexity index is 1290. The highest BCUT2D eigenvalue weighted by Crippen LogP contribution is 2.69. The summed E-state index contributed by atoms with van der Waals surface area (Å²) in [6.45, 7) is 9.65. The van der Waals surface area contributed by atoms with Crippen molar-refractivity contribution in [2.45, 2.75) is 95.9 Å². The number of fused-ring (bicyclic) bond motifs is 3. The molecular weight excluding hydrogens is 532 g/mol. The Morgan fingerprint density at radius 3 is 2.15 bits per heavy atom. The highest BCUT2D eigenvalue weighted by molar-refractivity contribution is 5.89. The van der Waals surface area contributed by atoms with Crippen molar-refractivity contribution in [1.29, 1.82) is 0 Å². The predicted octanol–water partition coefficient (Wildman–Crippen LogP) is 3.29. The normalized spacial score (nSPS) is 43.0. The third-order valence-electron chi connectivity index (χ3n) is 10.2. The van der Waals surface area contributed by atoms with Crippen molar-refractivity contribution in [3.8, 4) is 0 Å². The SMILES string of the molecule is CC(=O)OC1C(OC(C)=O)C2(C)C(C(OC(=O)c3ccccc3)C=CC2(C)O)C2(C)CCC3(COC(=O)C3)OC12C. The Balaban J connectivity index is 1.70. The van der Waals surface area contributed by atoms with Gasteiger partial charge >= 0.3 is 23.9 Å². The maximum atomic E-state index is 13.3. The maximum Gasteiger partial charge on any atom is 0.338 e. The van der Waals surface area contributed by atoms with Crippen molar-refractivity contribution in [3.05, 3.63) is 48.0 Å². The molecule has 2 aliphatic heterocycles. The molecule has 41 heavy (non-hydrogen) atoms. The fourth-order valence-corrected chi connectivity index (χ4v) is 7.91. The van der Waals surface area contributed by atoms with E-state index in [1.807, 2.05) is 6.92 Å². The van der Waals surface area contributed by atoms with Gasteiger partial charge < -0.3 is 28.8 Å². The van der Waals surface area contributed by atoms with E-state index in [1.54, 1.807) is 63.3 Å². The molecule has 1 saturated carbocycles. The number of ether oxygens (including phenoxy) is 5. The van der Waals surface area contributed by atoms with Crippen LogP contribution >= 0.6 is 0 Å². The minimum absolute atomic E-state index is 0.0235. The molecule has 5 rings (SSSR count). The summed E-state index contributed by atoms with van der Waals surface area (Å²) in [7, 11) is 0. The summed E-state index contributed by atoms with van der Waals surface area (Å²) in [6, 6.07) is 8.58. The molecule has 0 radical (unpaired) electrons. The quantitative estimate of drug-likeness (QED) is 0.326. The average molecular weight is 571 g/mol. The smallest absolute Gasteiger partial charge is 0.338 e.